The van der Waals surface area contributed by atoms with E-state index in [1.165, 1.54) is 0 Å². The molecule has 0 aliphatic heterocycles. The maximum Gasteiger partial charge on any atom is 0.277 e. The third kappa shape index (κ3) is 1.65. The van der Waals surface area contributed by atoms with E-state index in [2.05, 4.69) is 11.9 Å². The molecule has 0 fully saturated rings. The van der Waals surface area contributed by atoms with Crippen LogP contribution in [0.4, 0.5) is 0 Å². The predicted molar refractivity (Wildman–Crippen MR) is 61.0 cm³/mol. The topological polar surface area (TPSA) is 34.9 Å². The Kier molecular flexibility index (Phi) is 2.54. The molecule has 1 atom stereocenters. The fraction of sp³-hybridized carbons (Fsp3) is 0.333. The molecule has 2 rings (SSSR count). The summed E-state index contributed by atoms with van der Waals surface area (Å²) in [6.45, 7) is 4.11. The van der Waals surface area contributed by atoms with Gasteiger partial charge in [-0.15, -0.1) is 0 Å². The Bertz CT molecular complexity index is 530. The van der Waals surface area contributed by atoms with Gasteiger partial charge in [0, 0.05) is 23.8 Å². The average Bonchev–Trinajstić information content (AvgIpc) is 2.29. The van der Waals surface area contributed by atoms with Crippen molar-refractivity contribution in [3.05, 3.63) is 40.9 Å². The van der Waals surface area contributed by atoms with Gasteiger partial charge in [-0.25, -0.2) is 0 Å². The molecule has 0 saturated carbocycles. The normalized spacial score (nSPS) is 12.9. The van der Waals surface area contributed by atoms with Crippen LogP contribution in [0, 0.1) is 0 Å². The minimum Gasteiger partial charge on any atom is -0.311 e. The van der Waals surface area contributed by atoms with Gasteiger partial charge in [0.05, 0.1) is 0 Å². The number of aromatic nitrogens is 2. The number of hydrogen-bond acceptors (Lipinski definition) is 2. The molecule has 2 aromatic heterocycles. The van der Waals surface area contributed by atoms with E-state index in [0.29, 0.717) is 5.52 Å². The zero-order valence-electron chi connectivity index (χ0n) is 8.97. The van der Waals surface area contributed by atoms with Gasteiger partial charge in [-0.2, -0.15) is 0 Å². The van der Waals surface area contributed by atoms with E-state index < -0.39 is 0 Å². The third-order valence-electron chi connectivity index (χ3n) is 2.76. The quantitative estimate of drug-likeness (QED) is 0.749. The molecule has 2 heterocycles. The number of nitrogens with zero attached hydrogens (tertiary/aromatic N) is 2. The Morgan fingerprint density at radius 1 is 1.47 bits per heavy atom. The van der Waals surface area contributed by atoms with Crippen LogP contribution >= 0.6 is 0 Å². The van der Waals surface area contributed by atoms with Crippen molar-refractivity contribution in [1.82, 2.24) is 9.55 Å². The Morgan fingerprint density at radius 3 is 3.00 bits per heavy atom. The second-order valence-electron chi connectivity index (χ2n) is 3.73. The highest BCUT2D eigenvalue weighted by atomic mass is 16.1. The van der Waals surface area contributed by atoms with Crippen molar-refractivity contribution in [1.29, 1.82) is 0 Å². The first-order chi connectivity index (χ1) is 7.24. The van der Waals surface area contributed by atoms with Crippen molar-refractivity contribution >= 4 is 10.9 Å². The highest BCUT2D eigenvalue weighted by Gasteiger charge is 2.07. The van der Waals surface area contributed by atoms with Crippen molar-refractivity contribution < 1.29 is 0 Å². The lowest BCUT2D eigenvalue weighted by atomic mass is 10.2. The molecule has 3 nitrogen and oxygen atoms in total. The summed E-state index contributed by atoms with van der Waals surface area (Å²) < 4.78 is 1.75. The van der Waals surface area contributed by atoms with Crippen LogP contribution in [0.5, 0.6) is 0 Å². The SMILES string of the molecule is CCC(C)n1ccc2cccnc2c1=O. The van der Waals surface area contributed by atoms with Crippen LogP contribution in [-0.4, -0.2) is 9.55 Å². The maximum atomic E-state index is 12.0. The molecule has 15 heavy (non-hydrogen) atoms. The van der Waals surface area contributed by atoms with E-state index in [9.17, 15) is 4.79 Å². The molecular weight excluding hydrogens is 188 g/mol. The largest absolute Gasteiger partial charge is 0.311 e. The number of hydrogen-bond donors (Lipinski definition) is 0. The molecule has 0 N–H and O–H groups in total. The first-order valence-corrected chi connectivity index (χ1v) is 5.20. The van der Waals surface area contributed by atoms with Crippen molar-refractivity contribution in [2.45, 2.75) is 26.3 Å². The summed E-state index contributed by atoms with van der Waals surface area (Å²) in [7, 11) is 0. The number of pyridine rings is 2. The van der Waals surface area contributed by atoms with E-state index in [4.69, 9.17) is 0 Å². The average molecular weight is 202 g/mol. The fourth-order valence-electron chi connectivity index (χ4n) is 1.63. The molecule has 2 aromatic rings. The van der Waals surface area contributed by atoms with Crippen LogP contribution in [0.25, 0.3) is 10.9 Å². The van der Waals surface area contributed by atoms with Crippen molar-refractivity contribution in [3.8, 4) is 0 Å². The second kappa shape index (κ2) is 3.85. The Hall–Kier alpha value is -1.64. The maximum absolute atomic E-state index is 12.0. The molecule has 0 spiro atoms. The summed E-state index contributed by atoms with van der Waals surface area (Å²) in [5, 5.41) is 0.905. The van der Waals surface area contributed by atoms with Crippen LogP contribution in [0.2, 0.25) is 0 Å². The minimum absolute atomic E-state index is 0.00227. The molecule has 3 heteroatoms. The van der Waals surface area contributed by atoms with Gasteiger partial charge in [0.1, 0.15) is 5.52 Å². The van der Waals surface area contributed by atoms with Crippen LogP contribution in [0.15, 0.2) is 35.4 Å². The summed E-state index contributed by atoms with van der Waals surface area (Å²) in [4.78, 5) is 16.2. The zero-order chi connectivity index (χ0) is 10.8. The minimum atomic E-state index is 0.00227. The first-order valence-electron chi connectivity index (χ1n) is 5.20. The summed E-state index contributed by atoms with van der Waals surface area (Å²) in [6.07, 6.45) is 4.45. The van der Waals surface area contributed by atoms with Gasteiger partial charge >= 0.3 is 0 Å². The predicted octanol–water partition coefficient (Wildman–Crippen LogP) is 2.37. The van der Waals surface area contributed by atoms with Gasteiger partial charge in [0.15, 0.2) is 0 Å². The lowest BCUT2D eigenvalue weighted by molar-refractivity contribution is 0.517. The Labute approximate surface area is 88.4 Å². The second-order valence-corrected chi connectivity index (χ2v) is 3.73. The summed E-state index contributed by atoms with van der Waals surface area (Å²) in [5.41, 5.74) is 0.558. The molecule has 78 valence electrons. The van der Waals surface area contributed by atoms with E-state index in [1.54, 1.807) is 10.8 Å². The van der Waals surface area contributed by atoms with Crippen LogP contribution in [-0.2, 0) is 0 Å². The van der Waals surface area contributed by atoms with E-state index >= 15 is 0 Å². The molecule has 1 unspecified atom stereocenters. The molecule has 0 aromatic carbocycles. The molecule has 0 radical (unpaired) electrons. The van der Waals surface area contributed by atoms with Crippen LogP contribution in [0.3, 0.4) is 0 Å². The molecular formula is C12H14N2O. The molecule has 0 saturated heterocycles. The lowest BCUT2D eigenvalue weighted by Gasteiger charge is -2.12. The van der Waals surface area contributed by atoms with Gasteiger partial charge in [-0.05, 0) is 25.5 Å². The first kappa shape index (κ1) is 9.90. The van der Waals surface area contributed by atoms with Crippen molar-refractivity contribution in [2.75, 3.05) is 0 Å². The van der Waals surface area contributed by atoms with Crippen molar-refractivity contribution in [3.63, 3.8) is 0 Å². The standard InChI is InChI=1S/C12H14N2O/c1-3-9(2)14-8-6-10-5-4-7-13-11(10)12(14)15/h4-9H,3H2,1-2H3. The van der Waals surface area contributed by atoms with Gasteiger partial charge in [-0.1, -0.05) is 13.0 Å². The monoisotopic (exact) mass is 202 g/mol. The molecule has 0 bridgehead atoms. The van der Waals surface area contributed by atoms with Crippen LogP contribution in [0.1, 0.15) is 26.3 Å². The number of fused-ring (bicyclic) bond motifs is 1. The zero-order valence-corrected chi connectivity index (χ0v) is 8.97. The third-order valence-corrected chi connectivity index (χ3v) is 2.76. The van der Waals surface area contributed by atoms with Gasteiger partial charge in [0.25, 0.3) is 5.56 Å². The Balaban J connectivity index is 2.71. The Morgan fingerprint density at radius 2 is 2.27 bits per heavy atom. The van der Waals surface area contributed by atoms with E-state index in [-0.39, 0.29) is 11.6 Å². The molecule has 0 aliphatic carbocycles. The summed E-state index contributed by atoms with van der Waals surface area (Å²) in [5.74, 6) is 0. The summed E-state index contributed by atoms with van der Waals surface area (Å²) >= 11 is 0. The van der Waals surface area contributed by atoms with E-state index in [1.807, 2.05) is 31.3 Å². The van der Waals surface area contributed by atoms with Crippen molar-refractivity contribution in [2.24, 2.45) is 0 Å². The lowest BCUT2D eigenvalue weighted by Crippen LogP contribution is -2.22. The van der Waals surface area contributed by atoms with Gasteiger partial charge in [0.2, 0.25) is 0 Å². The molecule has 0 aliphatic rings. The number of rotatable bonds is 2. The fourth-order valence-corrected chi connectivity index (χ4v) is 1.63. The summed E-state index contributed by atoms with van der Waals surface area (Å²) in [6, 6.07) is 5.92. The highest BCUT2D eigenvalue weighted by Crippen LogP contribution is 2.10. The van der Waals surface area contributed by atoms with Gasteiger partial charge in [-0.3, -0.25) is 9.78 Å². The highest BCUT2D eigenvalue weighted by molar-refractivity contribution is 5.76. The van der Waals surface area contributed by atoms with E-state index in [0.717, 1.165) is 11.8 Å². The molecule has 0 amide bonds. The van der Waals surface area contributed by atoms with Crippen LogP contribution < -0.4 is 5.56 Å². The smallest absolute Gasteiger partial charge is 0.277 e. The van der Waals surface area contributed by atoms with Gasteiger partial charge < -0.3 is 4.57 Å².